The van der Waals surface area contributed by atoms with E-state index < -0.39 is 5.60 Å². The van der Waals surface area contributed by atoms with Crippen molar-refractivity contribution >= 4 is 22.0 Å². The number of unbranched alkanes of at least 4 members (excludes halogenated alkanes) is 1. The molecule has 4 nitrogen and oxygen atoms in total. The summed E-state index contributed by atoms with van der Waals surface area (Å²) in [5.41, 5.74) is -0.425. The lowest BCUT2D eigenvalue weighted by atomic mass is 10.2. The zero-order valence-electron chi connectivity index (χ0n) is 11.6. The van der Waals surface area contributed by atoms with Crippen molar-refractivity contribution in [3.05, 3.63) is 0 Å². The number of amides is 1. The van der Waals surface area contributed by atoms with Crippen LogP contribution < -0.4 is 0 Å². The van der Waals surface area contributed by atoms with Crippen LogP contribution in [0.5, 0.6) is 0 Å². The van der Waals surface area contributed by atoms with Crippen LogP contribution in [0, 0.1) is 0 Å². The third-order valence-electron chi connectivity index (χ3n) is 2.68. The van der Waals surface area contributed by atoms with Crippen LogP contribution in [0.1, 0.15) is 40.0 Å². The number of carbonyl (C=O) groups is 1. The second-order valence-corrected chi connectivity index (χ2v) is 6.40. The normalized spacial score (nSPS) is 20.2. The van der Waals surface area contributed by atoms with E-state index in [0.29, 0.717) is 6.54 Å². The first-order chi connectivity index (χ1) is 8.42. The number of halogens is 1. The van der Waals surface area contributed by atoms with Crippen molar-refractivity contribution in [2.75, 3.05) is 25.0 Å². The summed E-state index contributed by atoms with van der Waals surface area (Å²) >= 11 is 3.39. The van der Waals surface area contributed by atoms with E-state index in [-0.39, 0.29) is 12.2 Å². The molecule has 1 aliphatic heterocycles. The van der Waals surface area contributed by atoms with Gasteiger partial charge in [0.25, 0.3) is 0 Å². The summed E-state index contributed by atoms with van der Waals surface area (Å²) in [5.74, 6) is 0. The van der Waals surface area contributed by atoms with Crippen LogP contribution >= 0.6 is 15.9 Å². The van der Waals surface area contributed by atoms with Gasteiger partial charge in [-0.2, -0.15) is 0 Å². The van der Waals surface area contributed by atoms with Gasteiger partial charge in [0.1, 0.15) is 5.60 Å². The Hall–Kier alpha value is -0.290. The van der Waals surface area contributed by atoms with Crippen LogP contribution in [0.3, 0.4) is 0 Å². The maximum atomic E-state index is 11.8. The molecule has 0 N–H and O–H groups in total. The van der Waals surface area contributed by atoms with Crippen LogP contribution in [-0.4, -0.2) is 47.7 Å². The smallest absolute Gasteiger partial charge is 0.410 e. The van der Waals surface area contributed by atoms with Gasteiger partial charge in [-0.15, -0.1) is 0 Å². The minimum atomic E-state index is -0.425. The third kappa shape index (κ3) is 6.05. The summed E-state index contributed by atoms with van der Waals surface area (Å²) in [6, 6.07) is 0. The average molecular weight is 322 g/mol. The Bertz CT molecular complexity index is 265. The molecule has 0 aromatic heterocycles. The summed E-state index contributed by atoms with van der Waals surface area (Å²) in [7, 11) is 0. The molecule has 1 saturated heterocycles. The first-order valence-electron chi connectivity index (χ1n) is 6.58. The molecule has 0 aromatic carbocycles. The zero-order chi connectivity index (χ0) is 13.6. The molecule has 1 amide bonds. The lowest BCUT2D eigenvalue weighted by Crippen LogP contribution is -2.36. The van der Waals surface area contributed by atoms with Crippen molar-refractivity contribution in [2.24, 2.45) is 0 Å². The monoisotopic (exact) mass is 321 g/mol. The maximum absolute atomic E-state index is 11.8. The summed E-state index contributed by atoms with van der Waals surface area (Å²) in [6.07, 6.45) is 3.05. The van der Waals surface area contributed by atoms with Gasteiger partial charge in [0.15, 0.2) is 0 Å². The molecule has 1 aliphatic rings. The highest BCUT2D eigenvalue weighted by Crippen LogP contribution is 2.17. The highest BCUT2D eigenvalue weighted by atomic mass is 79.9. The van der Waals surface area contributed by atoms with Crippen LogP contribution in [0.2, 0.25) is 0 Å². The van der Waals surface area contributed by atoms with Gasteiger partial charge >= 0.3 is 6.09 Å². The fourth-order valence-corrected chi connectivity index (χ4v) is 2.20. The molecule has 0 aliphatic carbocycles. The Morgan fingerprint density at radius 3 is 2.72 bits per heavy atom. The molecule has 1 heterocycles. The average Bonchev–Trinajstić information content (AvgIpc) is 2.71. The maximum Gasteiger partial charge on any atom is 0.410 e. The minimum Gasteiger partial charge on any atom is -0.444 e. The SMILES string of the molecule is CC(C)(C)OC(=O)N1CCC(OCCCCBr)C1. The van der Waals surface area contributed by atoms with Gasteiger partial charge in [-0.1, -0.05) is 15.9 Å². The number of hydrogen-bond donors (Lipinski definition) is 0. The molecule has 0 radical (unpaired) electrons. The van der Waals surface area contributed by atoms with E-state index in [9.17, 15) is 4.79 Å². The quantitative estimate of drug-likeness (QED) is 0.576. The van der Waals surface area contributed by atoms with Crippen molar-refractivity contribution in [2.45, 2.75) is 51.7 Å². The molecule has 1 atom stereocenters. The largest absolute Gasteiger partial charge is 0.444 e. The predicted molar refractivity (Wildman–Crippen MR) is 75.2 cm³/mol. The number of rotatable bonds is 5. The molecule has 0 saturated carbocycles. The fourth-order valence-electron chi connectivity index (χ4n) is 1.80. The van der Waals surface area contributed by atoms with Gasteiger partial charge in [-0.25, -0.2) is 4.79 Å². The van der Waals surface area contributed by atoms with Crippen molar-refractivity contribution < 1.29 is 14.3 Å². The van der Waals surface area contributed by atoms with E-state index >= 15 is 0 Å². The van der Waals surface area contributed by atoms with Crippen LogP contribution in [0.15, 0.2) is 0 Å². The molecule has 0 aromatic rings. The standard InChI is InChI=1S/C13H24BrNO3/c1-13(2,3)18-12(16)15-8-6-11(10-15)17-9-5-4-7-14/h11H,4-10H2,1-3H3. The van der Waals surface area contributed by atoms with Crippen LogP contribution in [0.4, 0.5) is 4.79 Å². The van der Waals surface area contributed by atoms with Gasteiger partial charge in [-0.3, -0.25) is 0 Å². The van der Waals surface area contributed by atoms with Crippen molar-refractivity contribution in [1.29, 1.82) is 0 Å². The number of likely N-dealkylation sites (tertiary alicyclic amines) is 1. The molecule has 0 bridgehead atoms. The number of carbonyl (C=O) groups excluding carboxylic acids is 1. The van der Waals surface area contributed by atoms with Gasteiger partial charge in [-0.05, 0) is 40.0 Å². The predicted octanol–water partition coefficient (Wildman–Crippen LogP) is 3.19. The van der Waals surface area contributed by atoms with Crippen molar-refractivity contribution in [3.8, 4) is 0 Å². The lowest BCUT2D eigenvalue weighted by molar-refractivity contribution is 0.0208. The molecule has 1 rings (SSSR count). The summed E-state index contributed by atoms with van der Waals surface area (Å²) in [4.78, 5) is 13.6. The molecule has 1 fully saturated rings. The number of nitrogens with zero attached hydrogens (tertiary/aromatic N) is 1. The van der Waals surface area contributed by atoms with Gasteiger partial charge in [0.05, 0.1) is 12.6 Å². The van der Waals surface area contributed by atoms with Crippen LogP contribution in [-0.2, 0) is 9.47 Å². The molecule has 18 heavy (non-hydrogen) atoms. The first-order valence-corrected chi connectivity index (χ1v) is 7.70. The Labute approximate surface area is 118 Å². The topological polar surface area (TPSA) is 38.8 Å². The molecular formula is C13H24BrNO3. The minimum absolute atomic E-state index is 0.174. The van der Waals surface area contributed by atoms with E-state index in [1.165, 1.54) is 0 Å². The lowest BCUT2D eigenvalue weighted by Gasteiger charge is -2.24. The van der Waals surface area contributed by atoms with E-state index in [4.69, 9.17) is 9.47 Å². The highest BCUT2D eigenvalue weighted by molar-refractivity contribution is 9.09. The van der Waals surface area contributed by atoms with E-state index in [2.05, 4.69) is 15.9 Å². The Morgan fingerprint density at radius 1 is 1.39 bits per heavy atom. The summed E-state index contributed by atoms with van der Waals surface area (Å²) < 4.78 is 11.1. The zero-order valence-corrected chi connectivity index (χ0v) is 13.2. The number of alkyl halides is 1. The second kappa shape index (κ2) is 7.34. The van der Waals surface area contributed by atoms with Crippen molar-refractivity contribution in [1.82, 2.24) is 4.90 Å². The fraction of sp³-hybridized carbons (Fsp3) is 0.923. The van der Waals surface area contributed by atoms with Crippen LogP contribution in [0.25, 0.3) is 0 Å². The molecular weight excluding hydrogens is 298 g/mol. The third-order valence-corrected chi connectivity index (χ3v) is 3.24. The number of hydrogen-bond acceptors (Lipinski definition) is 3. The summed E-state index contributed by atoms with van der Waals surface area (Å²) in [5, 5.41) is 1.02. The highest BCUT2D eigenvalue weighted by Gasteiger charge is 2.29. The molecule has 106 valence electrons. The van der Waals surface area contributed by atoms with Gasteiger partial charge < -0.3 is 14.4 Å². The molecule has 1 unspecified atom stereocenters. The number of ether oxygens (including phenoxy) is 2. The van der Waals surface area contributed by atoms with Gasteiger partial charge in [0, 0.05) is 18.5 Å². The Morgan fingerprint density at radius 2 is 2.11 bits per heavy atom. The Balaban J connectivity index is 2.22. The van der Waals surface area contributed by atoms with E-state index in [1.807, 2.05) is 20.8 Å². The van der Waals surface area contributed by atoms with Gasteiger partial charge in [0.2, 0.25) is 0 Å². The Kier molecular flexibility index (Phi) is 6.43. The van der Waals surface area contributed by atoms with E-state index in [0.717, 1.165) is 37.7 Å². The second-order valence-electron chi connectivity index (χ2n) is 5.60. The van der Waals surface area contributed by atoms with Crippen molar-refractivity contribution in [3.63, 3.8) is 0 Å². The first kappa shape index (κ1) is 15.8. The molecule has 0 spiro atoms. The van der Waals surface area contributed by atoms with E-state index in [1.54, 1.807) is 4.90 Å². The molecule has 5 heteroatoms. The summed E-state index contributed by atoms with van der Waals surface area (Å²) in [6.45, 7) is 7.82.